The van der Waals surface area contributed by atoms with E-state index in [9.17, 15) is 19.0 Å². The lowest BCUT2D eigenvalue weighted by Crippen LogP contribution is -2.37. The third-order valence-electron chi connectivity index (χ3n) is 17.5. The number of hydrogen-bond donors (Lipinski definition) is 1. The van der Waals surface area contributed by atoms with E-state index < -0.39 is 26.5 Å². The normalized spacial score (nSPS) is 13.7. The van der Waals surface area contributed by atoms with Crippen molar-refractivity contribution in [2.75, 3.05) is 47.5 Å². The lowest BCUT2D eigenvalue weighted by Gasteiger charge is -2.24. The summed E-state index contributed by atoms with van der Waals surface area (Å²) >= 11 is 0. The Labute approximate surface area is 594 Å². The number of ether oxygens (including phenoxy) is 2. The zero-order valence-corrected chi connectivity index (χ0v) is 64.2. The monoisotopic (exact) mass is 1360 g/mol. The van der Waals surface area contributed by atoms with Gasteiger partial charge in [-0.25, -0.2) is 4.57 Å². The van der Waals surface area contributed by atoms with Crippen molar-refractivity contribution in [3.63, 3.8) is 0 Å². The number of esters is 2. The SMILES string of the molecule is CC/C=C\C/C=C\C/C=C\C/C=C\C/C=C\C/C=C\C/C=C\C/C=C\C/C=C\C/C=C\CCCCCCC(=O)OC(COC(=O)CCCCCCCCCCCCCCCCCCCCCCCCCCCCCCCCCCCCCCC)COP(=O)(O)OCC[N+](C)(C)C. The maximum absolute atomic E-state index is 12.9. The van der Waals surface area contributed by atoms with Crippen LogP contribution in [0.4, 0.5) is 0 Å². The van der Waals surface area contributed by atoms with Crippen LogP contribution >= 0.6 is 7.82 Å². The molecule has 0 aromatic carbocycles. The van der Waals surface area contributed by atoms with E-state index in [-0.39, 0.29) is 32.0 Å². The van der Waals surface area contributed by atoms with Crippen LogP contribution in [0.5, 0.6) is 0 Å². The zero-order valence-electron chi connectivity index (χ0n) is 63.3. The Hall–Kier alpha value is -3.59. The zero-order chi connectivity index (χ0) is 69.7. The molecule has 2 atom stereocenters. The topological polar surface area (TPSA) is 108 Å². The van der Waals surface area contributed by atoms with Crippen LogP contribution in [0.3, 0.4) is 0 Å². The number of rotatable bonds is 74. The second-order valence-electron chi connectivity index (χ2n) is 28.1. The summed E-state index contributed by atoms with van der Waals surface area (Å²) in [7, 11) is 1.46. The first kappa shape index (κ1) is 92.4. The van der Waals surface area contributed by atoms with E-state index in [1.54, 1.807) is 0 Å². The number of likely N-dealkylation sites (N-methyl/N-ethyl adjacent to an activating group) is 1. The second kappa shape index (κ2) is 75.6. The maximum Gasteiger partial charge on any atom is 0.472 e. The van der Waals surface area contributed by atoms with E-state index in [4.69, 9.17) is 18.5 Å². The molecule has 0 aromatic rings. The summed E-state index contributed by atoms with van der Waals surface area (Å²) < 4.78 is 34.8. The lowest BCUT2D eigenvalue weighted by molar-refractivity contribution is -0.870. The first-order valence-electron chi connectivity index (χ1n) is 40.3. The van der Waals surface area contributed by atoms with Gasteiger partial charge >= 0.3 is 19.8 Å². The number of allylic oxidation sites excluding steroid dienone is 20. The van der Waals surface area contributed by atoms with Gasteiger partial charge in [0.25, 0.3) is 0 Å². The van der Waals surface area contributed by atoms with Crippen molar-refractivity contribution in [1.29, 1.82) is 0 Å². The van der Waals surface area contributed by atoms with Crippen molar-refractivity contribution < 1.29 is 42.1 Å². The number of carbonyl (C=O) groups excluding carboxylic acids is 2. The van der Waals surface area contributed by atoms with Gasteiger partial charge in [0, 0.05) is 12.8 Å². The summed E-state index contributed by atoms with van der Waals surface area (Å²) in [5.74, 6) is -0.820. The molecule has 1 N–H and O–H groups in total. The molecule has 0 amide bonds. The van der Waals surface area contributed by atoms with Gasteiger partial charge in [-0.2, -0.15) is 0 Å². The van der Waals surface area contributed by atoms with Gasteiger partial charge in [-0.1, -0.05) is 379 Å². The Bertz CT molecular complexity index is 2040. The highest BCUT2D eigenvalue weighted by molar-refractivity contribution is 7.47. The molecular formula is C86H153NO8P+. The van der Waals surface area contributed by atoms with Gasteiger partial charge in [-0.05, 0) is 89.9 Å². The molecule has 0 aliphatic rings. The fraction of sp³-hybridized carbons (Fsp3) is 0.744. The van der Waals surface area contributed by atoms with Gasteiger partial charge in [0.05, 0.1) is 27.7 Å². The molecule has 0 fully saturated rings. The largest absolute Gasteiger partial charge is 0.472 e. The van der Waals surface area contributed by atoms with Crippen LogP contribution in [-0.4, -0.2) is 74.9 Å². The van der Waals surface area contributed by atoms with Crippen LogP contribution in [0.1, 0.15) is 361 Å². The number of unbranched alkanes of at least 4 members (excludes halogenated alkanes) is 40. The molecule has 2 unspecified atom stereocenters. The molecule has 0 radical (unpaired) electrons. The van der Waals surface area contributed by atoms with Crippen molar-refractivity contribution in [1.82, 2.24) is 0 Å². The molecule has 9 nitrogen and oxygen atoms in total. The summed E-state index contributed by atoms with van der Waals surface area (Å²) in [4.78, 5) is 36.0. The third-order valence-corrected chi connectivity index (χ3v) is 18.5. The summed E-state index contributed by atoms with van der Waals surface area (Å²) in [5.41, 5.74) is 0. The number of carbonyl (C=O) groups is 2. The van der Waals surface area contributed by atoms with Gasteiger partial charge < -0.3 is 18.9 Å². The summed E-state index contributed by atoms with van der Waals surface area (Å²) in [6.07, 6.45) is 109. The molecule has 0 saturated heterocycles. The number of phosphoric acid groups is 1. The Morgan fingerprint density at radius 1 is 0.333 bits per heavy atom. The molecule has 0 bridgehead atoms. The van der Waals surface area contributed by atoms with Crippen molar-refractivity contribution in [2.24, 2.45) is 0 Å². The molecule has 96 heavy (non-hydrogen) atoms. The van der Waals surface area contributed by atoms with E-state index in [2.05, 4.69) is 135 Å². The minimum absolute atomic E-state index is 0.0218. The molecule has 554 valence electrons. The van der Waals surface area contributed by atoms with Crippen LogP contribution in [0.2, 0.25) is 0 Å². The van der Waals surface area contributed by atoms with Crippen LogP contribution in [0.25, 0.3) is 0 Å². The fourth-order valence-corrected chi connectivity index (χ4v) is 12.1. The Kier molecular flexibility index (Phi) is 72.8. The molecule has 0 spiro atoms. The van der Waals surface area contributed by atoms with Gasteiger partial charge in [-0.3, -0.25) is 18.6 Å². The average Bonchev–Trinajstić information content (AvgIpc) is 2.74. The van der Waals surface area contributed by atoms with Gasteiger partial charge in [0.2, 0.25) is 0 Å². The van der Waals surface area contributed by atoms with E-state index in [0.29, 0.717) is 17.4 Å². The predicted molar refractivity (Wildman–Crippen MR) is 418 cm³/mol. The third kappa shape index (κ3) is 79.4. The summed E-state index contributed by atoms with van der Waals surface area (Å²) in [6, 6.07) is 0. The quantitative estimate of drug-likeness (QED) is 0.0211. The highest BCUT2D eigenvalue weighted by atomic mass is 31.2. The van der Waals surface area contributed by atoms with Gasteiger partial charge in [0.1, 0.15) is 19.8 Å². The predicted octanol–water partition coefficient (Wildman–Crippen LogP) is 26.9. The number of phosphoric ester groups is 1. The highest BCUT2D eigenvalue weighted by Crippen LogP contribution is 2.43. The minimum atomic E-state index is -4.41. The van der Waals surface area contributed by atoms with E-state index in [0.717, 1.165) is 109 Å². The summed E-state index contributed by atoms with van der Waals surface area (Å²) in [6.45, 7) is 4.33. The van der Waals surface area contributed by atoms with Gasteiger partial charge in [0.15, 0.2) is 6.10 Å². The smallest absolute Gasteiger partial charge is 0.462 e. The van der Waals surface area contributed by atoms with Crippen molar-refractivity contribution in [3.05, 3.63) is 122 Å². The molecule has 0 aromatic heterocycles. The second-order valence-corrected chi connectivity index (χ2v) is 29.5. The minimum Gasteiger partial charge on any atom is -0.462 e. The molecule has 0 heterocycles. The van der Waals surface area contributed by atoms with Crippen LogP contribution in [0.15, 0.2) is 122 Å². The number of nitrogens with zero attached hydrogens (tertiary/aromatic N) is 1. The van der Waals surface area contributed by atoms with Gasteiger partial charge in [-0.15, -0.1) is 0 Å². The first-order chi connectivity index (χ1) is 47.0. The van der Waals surface area contributed by atoms with E-state index in [1.165, 1.54) is 218 Å². The summed E-state index contributed by atoms with van der Waals surface area (Å²) in [5, 5.41) is 0. The molecule has 0 aliphatic carbocycles. The first-order valence-corrected chi connectivity index (χ1v) is 41.8. The maximum atomic E-state index is 12.9. The van der Waals surface area contributed by atoms with Crippen LogP contribution in [-0.2, 0) is 32.7 Å². The Balaban J connectivity index is 4.03. The molecule has 10 heteroatoms. The lowest BCUT2D eigenvalue weighted by atomic mass is 10.0. The Morgan fingerprint density at radius 3 is 0.885 bits per heavy atom. The Morgan fingerprint density at radius 2 is 0.594 bits per heavy atom. The number of quaternary nitrogens is 1. The van der Waals surface area contributed by atoms with E-state index >= 15 is 0 Å². The van der Waals surface area contributed by atoms with Crippen LogP contribution < -0.4 is 0 Å². The van der Waals surface area contributed by atoms with E-state index in [1.807, 2.05) is 21.1 Å². The number of hydrogen-bond acceptors (Lipinski definition) is 7. The fourth-order valence-electron chi connectivity index (χ4n) is 11.4. The molecule has 0 saturated carbocycles. The van der Waals surface area contributed by atoms with Crippen molar-refractivity contribution in [2.45, 2.75) is 367 Å². The average molecular weight is 1360 g/mol. The standard InChI is InChI=1S/C86H152NO8P/c1-6-8-10-12-14-16-18-20-22-24-26-28-30-32-34-36-38-40-42-43-45-46-48-50-52-54-56-58-60-62-64-66-68-70-72-74-76-78-85(88)92-82-84(83-94-96(90,91)93-81-80-87(3,4)5)95-86(89)79-77-75-73-71-69-67-65-63-61-59-57-55-53-51-49-47-44-41-39-37-35-33-31-29-27-25-23-21-19-17-15-13-11-9-7-2/h9,11,15,17,21,23,27,29,33,35,39,41,47,49,53,55,59,61,65,67,84H,6-8,10,12-14,16,18-20,22,24-26,28,30-32,34,36-38,40,42-46,48,50-52,54,56-58,60,62-64,66,68-83H2,1-5H3/p+1/b11-9-,17-15-,23-21-,29-27-,35-33-,41-39-,49-47-,55-53-,61-59-,67-65-. The highest BCUT2D eigenvalue weighted by Gasteiger charge is 2.27. The molecule has 0 aliphatic heterocycles. The van der Waals surface area contributed by atoms with Crippen LogP contribution in [0, 0.1) is 0 Å². The molecule has 0 rings (SSSR count). The van der Waals surface area contributed by atoms with Crippen molar-refractivity contribution >= 4 is 19.8 Å². The molecular weight excluding hydrogens is 1210 g/mol. The van der Waals surface area contributed by atoms with Crippen molar-refractivity contribution in [3.8, 4) is 0 Å².